The molecule has 0 saturated heterocycles. The van der Waals surface area contributed by atoms with Crippen LogP contribution in [0.25, 0.3) is 0 Å². The summed E-state index contributed by atoms with van der Waals surface area (Å²) in [6.45, 7) is 4.80. The zero-order valence-corrected chi connectivity index (χ0v) is 20.2. The van der Waals surface area contributed by atoms with Gasteiger partial charge in [-0.1, -0.05) is 25.5 Å². The highest BCUT2D eigenvalue weighted by molar-refractivity contribution is 7.09. The van der Waals surface area contributed by atoms with Crippen molar-refractivity contribution in [2.45, 2.75) is 45.6 Å². The number of hydrogen-bond donors (Lipinski definition) is 1. The van der Waals surface area contributed by atoms with E-state index in [4.69, 9.17) is 9.47 Å². The van der Waals surface area contributed by atoms with Crippen LogP contribution in [0.1, 0.15) is 64.0 Å². The van der Waals surface area contributed by atoms with Gasteiger partial charge in [0.2, 0.25) is 0 Å². The maximum absolute atomic E-state index is 13.2. The minimum atomic E-state index is -0.205. The summed E-state index contributed by atoms with van der Waals surface area (Å²) in [4.78, 5) is 31.7. The molecule has 32 heavy (non-hydrogen) atoms. The van der Waals surface area contributed by atoms with E-state index in [1.165, 1.54) is 16.9 Å². The minimum absolute atomic E-state index is 0.0380. The van der Waals surface area contributed by atoms with Crippen LogP contribution in [-0.2, 0) is 22.4 Å². The number of ether oxygens (including phenoxy) is 2. The van der Waals surface area contributed by atoms with E-state index in [9.17, 15) is 9.59 Å². The van der Waals surface area contributed by atoms with Crippen LogP contribution in [0.15, 0.2) is 29.6 Å². The number of carbonyl (C=O) groups excluding carboxylic acids is 2. The molecule has 0 aliphatic carbocycles. The van der Waals surface area contributed by atoms with Gasteiger partial charge in [-0.2, -0.15) is 0 Å². The molecule has 1 aromatic carbocycles. The first kappa shape index (κ1) is 26.0. The molecular formula is C24H35N3O4S. The fraction of sp³-hybridized carbons (Fsp3) is 0.542. The van der Waals surface area contributed by atoms with E-state index < -0.39 is 0 Å². The Hall–Kier alpha value is -2.29. The van der Waals surface area contributed by atoms with Gasteiger partial charge < -0.3 is 19.7 Å². The van der Waals surface area contributed by atoms with Crippen LogP contribution in [0.5, 0.6) is 0 Å². The van der Waals surface area contributed by atoms with Crippen molar-refractivity contribution in [1.29, 1.82) is 0 Å². The minimum Gasteiger partial charge on any atom is -0.385 e. The summed E-state index contributed by atoms with van der Waals surface area (Å²) in [6.07, 6.45) is 4.79. The Balaban J connectivity index is 2.03. The second kappa shape index (κ2) is 14.7. The highest BCUT2D eigenvalue weighted by Crippen LogP contribution is 2.16. The zero-order chi connectivity index (χ0) is 23.2. The zero-order valence-electron chi connectivity index (χ0n) is 19.4. The van der Waals surface area contributed by atoms with Gasteiger partial charge in [0.15, 0.2) is 0 Å². The van der Waals surface area contributed by atoms with Crippen LogP contribution in [0, 0.1) is 0 Å². The van der Waals surface area contributed by atoms with Gasteiger partial charge in [0.1, 0.15) is 10.7 Å². The lowest BCUT2D eigenvalue weighted by molar-refractivity contribution is 0.0723. The number of aromatic nitrogens is 1. The highest BCUT2D eigenvalue weighted by atomic mass is 32.1. The number of amides is 2. The first-order chi connectivity index (χ1) is 15.6. The average Bonchev–Trinajstić information content (AvgIpc) is 3.28. The van der Waals surface area contributed by atoms with Crippen molar-refractivity contribution in [1.82, 2.24) is 15.2 Å². The molecule has 2 rings (SSSR count). The normalized spacial score (nSPS) is 10.8. The Bertz CT molecular complexity index is 823. The van der Waals surface area contributed by atoms with Crippen molar-refractivity contribution in [2.24, 2.45) is 0 Å². The van der Waals surface area contributed by atoms with Crippen molar-refractivity contribution in [2.75, 3.05) is 40.5 Å². The molecule has 2 aromatic rings. The van der Waals surface area contributed by atoms with Gasteiger partial charge in [-0.25, -0.2) is 4.98 Å². The molecule has 0 unspecified atom stereocenters. The number of carbonyl (C=O) groups is 2. The van der Waals surface area contributed by atoms with Crippen LogP contribution < -0.4 is 5.32 Å². The molecule has 0 spiro atoms. The van der Waals surface area contributed by atoms with Crippen molar-refractivity contribution in [3.8, 4) is 0 Å². The Labute approximate surface area is 195 Å². The van der Waals surface area contributed by atoms with Crippen molar-refractivity contribution in [3.05, 3.63) is 51.5 Å². The molecule has 0 aliphatic rings. The van der Waals surface area contributed by atoms with Crippen LogP contribution in [0.3, 0.4) is 0 Å². The third-order valence-electron chi connectivity index (χ3n) is 5.00. The van der Waals surface area contributed by atoms with E-state index in [1.54, 1.807) is 24.5 Å². The predicted octanol–water partition coefficient (Wildman–Crippen LogP) is 3.93. The highest BCUT2D eigenvalue weighted by Gasteiger charge is 2.19. The quantitative estimate of drug-likeness (QED) is 0.407. The van der Waals surface area contributed by atoms with Crippen LogP contribution in [0.4, 0.5) is 0 Å². The number of aryl methyl sites for hydroxylation is 1. The molecule has 0 aliphatic heterocycles. The molecule has 7 nitrogen and oxygen atoms in total. The summed E-state index contributed by atoms with van der Waals surface area (Å²) < 4.78 is 10.1. The topological polar surface area (TPSA) is 80.8 Å². The second-order valence-corrected chi connectivity index (χ2v) is 8.54. The molecule has 1 N–H and O–H groups in total. The number of methoxy groups -OCH3 is 2. The van der Waals surface area contributed by atoms with E-state index in [0.717, 1.165) is 37.1 Å². The monoisotopic (exact) mass is 461 g/mol. The Morgan fingerprint density at radius 1 is 1.06 bits per heavy atom. The molecule has 1 heterocycles. The lowest BCUT2D eigenvalue weighted by atomic mass is 10.1. The van der Waals surface area contributed by atoms with Crippen molar-refractivity contribution < 1.29 is 19.1 Å². The van der Waals surface area contributed by atoms with Gasteiger partial charge >= 0.3 is 0 Å². The van der Waals surface area contributed by atoms with Crippen LogP contribution in [0.2, 0.25) is 0 Å². The predicted molar refractivity (Wildman–Crippen MR) is 127 cm³/mol. The van der Waals surface area contributed by atoms with E-state index in [1.807, 2.05) is 24.3 Å². The number of unbranched alkanes of at least 4 members (excludes halogenated alkanes) is 1. The number of thiazole rings is 1. The molecule has 0 radical (unpaired) electrons. The number of nitrogens with one attached hydrogen (secondary N) is 1. The Morgan fingerprint density at radius 3 is 2.47 bits per heavy atom. The van der Waals surface area contributed by atoms with Gasteiger partial charge in [0, 0.05) is 51.5 Å². The largest absolute Gasteiger partial charge is 0.385 e. The number of nitrogens with zero attached hydrogens (tertiary/aromatic N) is 2. The molecule has 2 amide bonds. The molecule has 0 atom stereocenters. The third-order valence-corrected chi connectivity index (χ3v) is 5.84. The van der Waals surface area contributed by atoms with E-state index in [-0.39, 0.29) is 11.8 Å². The van der Waals surface area contributed by atoms with Crippen molar-refractivity contribution in [3.63, 3.8) is 0 Å². The smallest absolute Gasteiger partial charge is 0.270 e. The Morgan fingerprint density at radius 2 is 1.78 bits per heavy atom. The Kier molecular flexibility index (Phi) is 11.9. The molecule has 176 valence electrons. The fourth-order valence-electron chi connectivity index (χ4n) is 3.19. The SMILES string of the molecule is CCCCc1ccc(C(=O)N(CCCOC)Cc2nc(C(=O)NCCCOC)cs2)cc1. The molecule has 1 aromatic heterocycles. The average molecular weight is 462 g/mol. The van der Waals surface area contributed by atoms with Gasteiger partial charge in [0.05, 0.1) is 6.54 Å². The van der Waals surface area contributed by atoms with Gasteiger partial charge in [0.25, 0.3) is 11.8 Å². The van der Waals surface area contributed by atoms with Crippen LogP contribution >= 0.6 is 11.3 Å². The van der Waals surface area contributed by atoms with E-state index in [0.29, 0.717) is 44.1 Å². The maximum atomic E-state index is 13.2. The second-order valence-electron chi connectivity index (χ2n) is 7.60. The molecular weight excluding hydrogens is 426 g/mol. The third kappa shape index (κ3) is 8.68. The van der Waals surface area contributed by atoms with Crippen LogP contribution in [-0.4, -0.2) is 62.2 Å². The number of hydrogen-bond acceptors (Lipinski definition) is 6. The number of rotatable bonds is 15. The van der Waals surface area contributed by atoms with E-state index in [2.05, 4.69) is 17.2 Å². The van der Waals surface area contributed by atoms with E-state index >= 15 is 0 Å². The summed E-state index contributed by atoms with van der Waals surface area (Å²) in [6, 6.07) is 7.87. The molecule has 0 bridgehead atoms. The van der Waals surface area contributed by atoms with Gasteiger partial charge in [-0.3, -0.25) is 9.59 Å². The summed E-state index contributed by atoms with van der Waals surface area (Å²) in [5.41, 5.74) is 2.29. The number of benzene rings is 1. The summed E-state index contributed by atoms with van der Waals surface area (Å²) in [5, 5.41) is 5.31. The first-order valence-corrected chi connectivity index (χ1v) is 12.1. The summed E-state index contributed by atoms with van der Waals surface area (Å²) in [5.74, 6) is -0.243. The first-order valence-electron chi connectivity index (χ1n) is 11.2. The maximum Gasteiger partial charge on any atom is 0.270 e. The molecule has 0 saturated carbocycles. The van der Waals surface area contributed by atoms with Gasteiger partial charge in [-0.15, -0.1) is 11.3 Å². The van der Waals surface area contributed by atoms with Crippen molar-refractivity contribution >= 4 is 23.2 Å². The lowest BCUT2D eigenvalue weighted by Crippen LogP contribution is -2.32. The fourth-order valence-corrected chi connectivity index (χ4v) is 3.98. The standard InChI is InChI=1S/C24H35N3O4S/c1-4-5-8-19-9-11-20(12-10-19)24(29)27(14-7-16-31-3)17-22-26-21(18-32-22)23(28)25-13-6-15-30-2/h9-12,18H,4-8,13-17H2,1-3H3,(H,25,28). The lowest BCUT2D eigenvalue weighted by Gasteiger charge is -2.22. The van der Waals surface area contributed by atoms with Gasteiger partial charge in [-0.05, 0) is 43.4 Å². The molecule has 0 fully saturated rings. The summed E-state index contributed by atoms with van der Waals surface area (Å²) >= 11 is 1.39. The summed E-state index contributed by atoms with van der Waals surface area (Å²) in [7, 11) is 3.29. The molecule has 8 heteroatoms.